The Bertz CT molecular complexity index is 545. The van der Waals surface area contributed by atoms with Crippen LogP contribution in [0.5, 0.6) is 0 Å². The van der Waals surface area contributed by atoms with Gasteiger partial charge in [0.25, 0.3) is 0 Å². The van der Waals surface area contributed by atoms with E-state index in [0.29, 0.717) is 0 Å². The average molecular weight is 376 g/mol. The zero-order chi connectivity index (χ0) is 19.9. The molecule has 0 unspecified atom stereocenters. The lowest BCUT2D eigenvalue weighted by atomic mass is 9.90. The summed E-state index contributed by atoms with van der Waals surface area (Å²) >= 11 is 0. The van der Waals surface area contributed by atoms with Gasteiger partial charge in [-0.2, -0.15) is 0 Å². The van der Waals surface area contributed by atoms with Gasteiger partial charge in [0.15, 0.2) is 12.2 Å². The molecule has 1 saturated heterocycles. The summed E-state index contributed by atoms with van der Waals surface area (Å²) in [6.45, 7) is 4.19. The van der Waals surface area contributed by atoms with Gasteiger partial charge in [-0.15, -0.1) is 0 Å². The Kier molecular flexibility index (Phi) is 7.97. The molecule has 4 atom stereocenters. The van der Waals surface area contributed by atoms with Crippen LogP contribution < -0.4 is 0 Å². The molecule has 0 aromatic carbocycles. The van der Waals surface area contributed by atoms with Crippen molar-refractivity contribution >= 4 is 23.9 Å². The molecule has 1 heterocycles. The van der Waals surface area contributed by atoms with E-state index in [9.17, 15) is 19.2 Å². The standard InChI is InChI=1S/C16H24O10/c1-9(17)22-6-13-7-24-16(21-5,8-23-10(2)18)15(26-12(4)20)14(13)25-11(3)19/h13-15H,6-8H2,1-5H3/t13-,14+,15-,16-/m0/s1. The number of methoxy groups -OCH3 is 1. The van der Waals surface area contributed by atoms with E-state index in [1.54, 1.807) is 0 Å². The van der Waals surface area contributed by atoms with Crippen LogP contribution >= 0.6 is 0 Å². The Hall–Kier alpha value is -2.20. The third-order valence-corrected chi connectivity index (χ3v) is 3.66. The van der Waals surface area contributed by atoms with Gasteiger partial charge in [0.2, 0.25) is 5.79 Å². The van der Waals surface area contributed by atoms with Crippen molar-refractivity contribution in [2.45, 2.75) is 45.7 Å². The molecule has 148 valence electrons. The molecule has 1 aliphatic rings. The van der Waals surface area contributed by atoms with Crippen LogP contribution in [0, 0.1) is 5.92 Å². The van der Waals surface area contributed by atoms with Crippen molar-refractivity contribution in [2.75, 3.05) is 26.9 Å². The first-order chi connectivity index (χ1) is 12.1. The molecule has 0 N–H and O–H groups in total. The minimum absolute atomic E-state index is 0.0574. The number of hydrogen-bond donors (Lipinski definition) is 0. The number of carbonyl (C=O) groups is 4. The average Bonchev–Trinajstić information content (AvgIpc) is 2.53. The van der Waals surface area contributed by atoms with Gasteiger partial charge in [0.1, 0.15) is 6.61 Å². The molecular weight excluding hydrogens is 352 g/mol. The van der Waals surface area contributed by atoms with Crippen molar-refractivity contribution in [1.82, 2.24) is 0 Å². The van der Waals surface area contributed by atoms with Crippen LogP contribution in [0.15, 0.2) is 0 Å². The van der Waals surface area contributed by atoms with Crippen molar-refractivity contribution in [3.8, 4) is 0 Å². The van der Waals surface area contributed by atoms with Crippen LogP contribution in [0.2, 0.25) is 0 Å². The van der Waals surface area contributed by atoms with E-state index in [-0.39, 0.29) is 13.2 Å². The van der Waals surface area contributed by atoms with Crippen LogP contribution in [-0.4, -0.2) is 68.8 Å². The lowest BCUT2D eigenvalue weighted by molar-refractivity contribution is -0.339. The summed E-state index contributed by atoms with van der Waals surface area (Å²) in [6, 6.07) is 0. The molecule has 10 heteroatoms. The maximum Gasteiger partial charge on any atom is 0.303 e. The van der Waals surface area contributed by atoms with Gasteiger partial charge in [-0.1, -0.05) is 0 Å². The number of ether oxygens (including phenoxy) is 6. The number of hydrogen-bond acceptors (Lipinski definition) is 10. The highest BCUT2D eigenvalue weighted by Crippen LogP contribution is 2.35. The number of rotatable bonds is 7. The van der Waals surface area contributed by atoms with Gasteiger partial charge in [-0.25, -0.2) is 0 Å². The van der Waals surface area contributed by atoms with Gasteiger partial charge in [-0.05, 0) is 0 Å². The summed E-state index contributed by atoms with van der Waals surface area (Å²) in [7, 11) is 1.28. The van der Waals surface area contributed by atoms with Crippen molar-refractivity contribution in [3.63, 3.8) is 0 Å². The molecule has 1 aliphatic heterocycles. The van der Waals surface area contributed by atoms with Gasteiger partial charge >= 0.3 is 23.9 Å². The second-order valence-corrected chi connectivity index (χ2v) is 5.77. The Labute approximate surface area is 151 Å². The van der Waals surface area contributed by atoms with Crippen molar-refractivity contribution in [3.05, 3.63) is 0 Å². The fourth-order valence-electron chi connectivity index (χ4n) is 2.54. The SMILES string of the molecule is CO[C@@]1(COC(C)=O)OC[C@H](COC(C)=O)[C@@H](OC(C)=O)[C@@H]1OC(C)=O. The van der Waals surface area contributed by atoms with Crippen LogP contribution in [0.4, 0.5) is 0 Å². The molecule has 0 aliphatic carbocycles. The number of esters is 4. The molecular formula is C16H24O10. The molecule has 0 spiro atoms. The lowest BCUT2D eigenvalue weighted by Crippen LogP contribution is -2.65. The third kappa shape index (κ3) is 5.95. The summed E-state index contributed by atoms with van der Waals surface area (Å²) in [5.41, 5.74) is 0. The van der Waals surface area contributed by atoms with Gasteiger partial charge in [-0.3, -0.25) is 19.2 Å². The van der Waals surface area contributed by atoms with E-state index in [4.69, 9.17) is 28.4 Å². The minimum atomic E-state index is -1.68. The molecule has 1 fully saturated rings. The van der Waals surface area contributed by atoms with E-state index in [1.165, 1.54) is 27.9 Å². The largest absolute Gasteiger partial charge is 0.465 e. The summed E-state index contributed by atoms with van der Waals surface area (Å²) < 4.78 is 31.6. The smallest absolute Gasteiger partial charge is 0.303 e. The van der Waals surface area contributed by atoms with Crippen molar-refractivity contribution < 1.29 is 47.6 Å². The first-order valence-corrected chi connectivity index (χ1v) is 7.91. The molecule has 0 bridgehead atoms. The van der Waals surface area contributed by atoms with Gasteiger partial charge in [0, 0.05) is 34.8 Å². The highest BCUT2D eigenvalue weighted by Gasteiger charge is 2.56. The molecule has 0 aromatic rings. The minimum Gasteiger partial charge on any atom is -0.465 e. The van der Waals surface area contributed by atoms with Gasteiger partial charge in [0.05, 0.1) is 19.1 Å². The highest BCUT2D eigenvalue weighted by atomic mass is 16.7. The van der Waals surface area contributed by atoms with E-state index in [0.717, 1.165) is 6.92 Å². The predicted octanol–water partition coefficient (Wildman–Crippen LogP) is -0.0349. The quantitative estimate of drug-likeness (QED) is 0.442. The number of carbonyl (C=O) groups excluding carboxylic acids is 4. The summed E-state index contributed by atoms with van der Waals surface area (Å²) in [6.07, 6.45) is -2.29. The second kappa shape index (κ2) is 9.48. The van der Waals surface area contributed by atoms with Crippen LogP contribution in [0.1, 0.15) is 27.7 Å². The first kappa shape index (κ1) is 21.8. The zero-order valence-corrected chi connectivity index (χ0v) is 15.4. The molecule has 0 radical (unpaired) electrons. The summed E-state index contributed by atoms with van der Waals surface area (Å²) in [4.78, 5) is 45.4. The molecule has 0 aromatic heterocycles. The lowest BCUT2D eigenvalue weighted by Gasteiger charge is -2.47. The van der Waals surface area contributed by atoms with Crippen molar-refractivity contribution in [2.24, 2.45) is 5.92 Å². The second-order valence-electron chi connectivity index (χ2n) is 5.77. The Morgan fingerprint density at radius 2 is 1.50 bits per heavy atom. The topological polar surface area (TPSA) is 124 Å². The molecule has 1 rings (SSSR count). The van der Waals surface area contributed by atoms with E-state index < -0.39 is 54.4 Å². The summed E-state index contributed by atoms with van der Waals surface area (Å²) in [5.74, 6) is -4.75. The first-order valence-electron chi connectivity index (χ1n) is 7.91. The van der Waals surface area contributed by atoms with Crippen LogP contribution in [0.25, 0.3) is 0 Å². The Morgan fingerprint density at radius 1 is 0.923 bits per heavy atom. The van der Waals surface area contributed by atoms with Crippen LogP contribution in [0.3, 0.4) is 0 Å². The van der Waals surface area contributed by atoms with E-state index in [1.807, 2.05) is 0 Å². The van der Waals surface area contributed by atoms with E-state index >= 15 is 0 Å². The van der Waals surface area contributed by atoms with Crippen LogP contribution in [-0.2, 0) is 47.6 Å². The third-order valence-electron chi connectivity index (χ3n) is 3.66. The fraction of sp³-hybridized carbons (Fsp3) is 0.750. The highest BCUT2D eigenvalue weighted by molar-refractivity contribution is 5.68. The fourth-order valence-corrected chi connectivity index (χ4v) is 2.54. The monoisotopic (exact) mass is 376 g/mol. The Morgan fingerprint density at radius 3 is 1.96 bits per heavy atom. The molecule has 0 amide bonds. The zero-order valence-electron chi connectivity index (χ0n) is 15.4. The molecule has 26 heavy (non-hydrogen) atoms. The molecule has 10 nitrogen and oxygen atoms in total. The predicted molar refractivity (Wildman–Crippen MR) is 83.6 cm³/mol. The van der Waals surface area contributed by atoms with Crippen molar-refractivity contribution in [1.29, 1.82) is 0 Å². The maximum absolute atomic E-state index is 11.6. The van der Waals surface area contributed by atoms with Gasteiger partial charge < -0.3 is 28.4 Å². The maximum atomic E-state index is 11.6. The molecule has 0 saturated carbocycles. The Balaban J connectivity index is 3.19. The normalized spacial score (nSPS) is 28.0. The van der Waals surface area contributed by atoms with E-state index in [2.05, 4.69) is 0 Å². The summed E-state index contributed by atoms with van der Waals surface area (Å²) in [5, 5.41) is 0.